The Morgan fingerprint density at radius 1 is 1.20 bits per heavy atom. The van der Waals surface area contributed by atoms with Crippen molar-refractivity contribution in [3.63, 3.8) is 0 Å². The highest BCUT2D eigenvalue weighted by Crippen LogP contribution is 2.32. The van der Waals surface area contributed by atoms with Gasteiger partial charge in [-0.05, 0) is 25.5 Å². The lowest BCUT2D eigenvalue weighted by atomic mass is 10.0. The highest BCUT2D eigenvalue weighted by Gasteiger charge is 2.25. The van der Waals surface area contributed by atoms with Gasteiger partial charge in [0.1, 0.15) is 5.69 Å². The average molecular weight is 398 g/mol. The SMILES string of the molecule is Cc1nn2cc1C1=NCc3ncc(cc31)-c1c(nc3ncccn13)NC(=O)CCC2. The van der Waals surface area contributed by atoms with Crippen molar-refractivity contribution in [2.45, 2.75) is 32.9 Å². The fraction of sp³-hybridized carbons (Fsp3) is 0.238. The van der Waals surface area contributed by atoms with Crippen LogP contribution in [0.1, 0.15) is 35.4 Å². The summed E-state index contributed by atoms with van der Waals surface area (Å²) in [5, 5.41) is 7.59. The second-order valence-corrected chi connectivity index (χ2v) is 7.52. The Balaban J connectivity index is 1.61. The highest BCUT2D eigenvalue weighted by molar-refractivity contribution is 6.15. The summed E-state index contributed by atoms with van der Waals surface area (Å²) in [6, 6.07) is 3.91. The van der Waals surface area contributed by atoms with Crippen molar-refractivity contribution in [1.29, 1.82) is 0 Å². The molecule has 30 heavy (non-hydrogen) atoms. The Morgan fingerprint density at radius 3 is 3.07 bits per heavy atom. The van der Waals surface area contributed by atoms with Crippen LogP contribution < -0.4 is 5.32 Å². The van der Waals surface area contributed by atoms with Crippen LogP contribution in [0, 0.1) is 6.92 Å². The largest absolute Gasteiger partial charge is 0.309 e. The number of carbonyl (C=O) groups is 1. The number of amides is 1. The van der Waals surface area contributed by atoms with Crippen LogP contribution in [0.25, 0.3) is 17.0 Å². The topological polar surface area (TPSA) is 102 Å². The van der Waals surface area contributed by atoms with E-state index in [1.165, 1.54) is 0 Å². The van der Waals surface area contributed by atoms with Gasteiger partial charge >= 0.3 is 0 Å². The average Bonchev–Trinajstić information content (AvgIpc) is 3.41. The number of nitrogens with one attached hydrogen (secondary N) is 1. The molecular formula is C21H18N8O. The Bertz CT molecular complexity index is 1360. The number of aliphatic imine (C=N–C) groups is 1. The first kappa shape index (κ1) is 17.0. The standard InChI is InChI=1S/C21H18N8O/c1-12-15-11-28(27-12)6-2-4-17(30)25-20-19(29-7-3-5-22-21(29)26-20)13-8-14-16(23-9-13)10-24-18(14)15/h3,5,7-9,11H,2,4,6,10H2,1H3,(H,25,30). The molecule has 0 unspecified atom stereocenters. The number of rotatable bonds is 0. The number of carbonyl (C=O) groups excluding carboxylic acids is 1. The molecule has 4 aromatic heterocycles. The number of fused-ring (bicyclic) bond motifs is 8. The fourth-order valence-electron chi connectivity index (χ4n) is 4.13. The summed E-state index contributed by atoms with van der Waals surface area (Å²) < 4.78 is 3.77. The van der Waals surface area contributed by atoms with Gasteiger partial charge in [0, 0.05) is 54.4 Å². The molecule has 0 aliphatic carbocycles. The van der Waals surface area contributed by atoms with Crippen molar-refractivity contribution in [3.8, 4) is 11.3 Å². The zero-order chi connectivity index (χ0) is 20.2. The van der Waals surface area contributed by atoms with Crippen LogP contribution in [0.2, 0.25) is 0 Å². The van der Waals surface area contributed by atoms with E-state index in [1.807, 2.05) is 40.7 Å². The lowest BCUT2D eigenvalue weighted by molar-refractivity contribution is -0.116. The molecule has 9 nitrogen and oxygen atoms in total. The summed E-state index contributed by atoms with van der Waals surface area (Å²) in [5.74, 6) is 0.929. The lowest BCUT2D eigenvalue weighted by Crippen LogP contribution is -2.14. The Kier molecular flexibility index (Phi) is 3.58. The molecule has 0 atom stereocenters. The van der Waals surface area contributed by atoms with Gasteiger partial charge in [-0.2, -0.15) is 10.1 Å². The van der Waals surface area contributed by atoms with Gasteiger partial charge in [0.15, 0.2) is 5.82 Å². The van der Waals surface area contributed by atoms with Crippen molar-refractivity contribution in [1.82, 2.24) is 29.1 Å². The molecule has 0 saturated heterocycles. The van der Waals surface area contributed by atoms with E-state index in [0.29, 0.717) is 37.5 Å². The molecule has 6 heterocycles. The van der Waals surface area contributed by atoms with Crippen molar-refractivity contribution >= 4 is 23.2 Å². The summed E-state index contributed by atoms with van der Waals surface area (Å²) >= 11 is 0. The molecule has 4 aromatic rings. The molecule has 4 bridgehead atoms. The first-order valence-electron chi connectivity index (χ1n) is 9.89. The number of hydrogen-bond acceptors (Lipinski definition) is 6. The van der Waals surface area contributed by atoms with E-state index in [4.69, 9.17) is 4.99 Å². The third-order valence-electron chi connectivity index (χ3n) is 5.54. The van der Waals surface area contributed by atoms with Gasteiger partial charge in [0.25, 0.3) is 0 Å². The van der Waals surface area contributed by atoms with Crippen molar-refractivity contribution in [2.24, 2.45) is 4.99 Å². The zero-order valence-electron chi connectivity index (χ0n) is 16.3. The van der Waals surface area contributed by atoms with Crippen LogP contribution in [0.4, 0.5) is 5.82 Å². The molecule has 148 valence electrons. The minimum atomic E-state index is -0.0859. The van der Waals surface area contributed by atoms with Gasteiger partial charge in [0.05, 0.1) is 23.6 Å². The fourth-order valence-corrected chi connectivity index (χ4v) is 4.13. The Hall–Kier alpha value is -3.88. The molecule has 0 fully saturated rings. The van der Waals surface area contributed by atoms with Gasteiger partial charge in [-0.3, -0.25) is 23.9 Å². The maximum atomic E-state index is 12.6. The van der Waals surface area contributed by atoms with Gasteiger partial charge in [0.2, 0.25) is 11.7 Å². The van der Waals surface area contributed by atoms with Crippen LogP contribution in [-0.4, -0.2) is 40.8 Å². The number of hydrogen-bond donors (Lipinski definition) is 1. The van der Waals surface area contributed by atoms with E-state index in [9.17, 15) is 4.79 Å². The van der Waals surface area contributed by atoms with Crippen LogP contribution in [0.5, 0.6) is 0 Å². The summed E-state index contributed by atoms with van der Waals surface area (Å²) in [5.41, 5.74) is 6.38. The van der Waals surface area contributed by atoms with Crippen molar-refractivity contribution in [3.05, 3.63) is 59.4 Å². The molecule has 1 amide bonds. The molecule has 9 heteroatoms. The number of nitrogens with zero attached hydrogens (tertiary/aromatic N) is 7. The number of imidazole rings is 1. The number of anilines is 1. The second-order valence-electron chi connectivity index (χ2n) is 7.52. The van der Waals surface area contributed by atoms with Gasteiger partial charge < -0.3 is 5.32 Å². The van der Waals surface area contributed by atoms with E-state index in [0.717, 1.165) is 39.5 Å². The quantitative estimate of drug-likeness (QED) is 0.490. The monoisotopic (exact) mass is 398 g/mol. The number of aryl methyl sites for hydroxylation is 2. The van der Waals surface area contributed by atoms with Crippen molar-refractivity contribution in [2.75, 3.05) is 5.32 Å². The van der Waals surface area contributed by atoms with E-state index in [-0.39, 0.29) is 5.91 Å². The third kappa shape index (κ3) is 2.55. The summed E-state index contributed by atoms with van der Waals surface area (Å²) in [7, 11) is 0. The van der Waals surface area contributed by atoms with Gasteiger partial charge in [-0.1, -0.05) is 0 Å². The maximum absolute atomic E-state index is 12.6. The van der Waals surface area contributed by atoms with Gasteiger partial charge in [-0.15, -0.1) is 0 Å². The van der Waals surface area contributed by atoms with Crippen LogP contribution in [-0.2, 0) is 17.9 Å². The zero-order valence-corrected chi connectivity index (χ0v) is 16.3. The molecule has 0 spiro atoms. The Labute approximate surface area is 171 Å². The molecule has 0 radical (unpaired) electrons. The molecule has 2 aliphatic heterocycles. The third-order valence-corrected chi connectivity index (χ3v) is 5.54. The molecule has 2 aliphatic rings. The van der Waals surface area contributed by atoms with Crippen LogP contribution in [0.3, 0.4) is 0 Å². The molecule has 6 rings (SSSR count). The first-order valence-corrected chi connectivity index (χ1v) is 9.89. The minimum absolute atomic E-state index is 0.0859. The van der Waals surface area contributed by atoms with E-state index >= 15 is 0 Å². The molecule has 0 aromatic carbocycles. The molecular weight excluding hydrogens is 380 g/mol. The van der Waals surface area contributed by atoms with Crippen molar-refractivity contribution < 1.29 is 4.79 Å². The molecule has 1 N–H and O–H groups in total. The van der Waals surface area contributed by atoms with Crippen LogP contribution in [0.15, 0.2) is 41.9 Å². The van der Waals surface area contributed by atoms with Crippen LogP contribution >= 0.6 is 0 Å². The number of aromatic nitrogens is 6. The van der Waals surface area contributed by atoms with E-state index < -0.39 is 0 Å². The normalized spacial score (nSPS) is 15.5. The Morgan fingerprint density at radius 2 is 2.13 bits per heavy atom. The molecule has 0 saturated carbocycles. The first-order chi connectivity index (χ1) is 14.7. The van der Waals surface area contributed by atoms with Gasteiger partial charge in [-0.25, -0.2) is 4.98 Å². The predicted molar refractivity (Wildman–Crippen MR) is 110 cm³/mol. The highest BCUT2D eigenvalue weighted by atomic mass is 16.1. The lowest BCUT2D eigenvalue weighted by Gasteiger charge is -2.10. The van der Waals surface area contributed by atoms with E-state index in [1.54, 1.807) is 6.20 Å². The smallest absolute Gasteiger partial charge is 0.236 e. The summed E-state index contributed by atoms with van der Waals surface area (Å²) in [6.45, 7) is 3.20. The summed E-state index contributed by atoms with van der Waals surface area (Å²) in [4.78, 5) is 30.9. The van der Waals surface area contributed by atoms with E-state index in [2.05, 4.69) is 31.4 Å². The predicted octanol–water partition coefficient (Wildman–Crippen LogP) is 2.38. The summed E-state index contributed by atoms with van der Waals surface area (Å²) in [6.07, 6.45) is 8.45. The number of pyridine rings is 1. The minimum Gasteiger partial charge on any atom is -0.309 e. The maximum Gasteiger partial charge on any atom is 0.236 e. The second kappa shape index (κ2) is 6.31.